The SMILES string of the molecule is CCc1nn(C(C)C)c2cc(C(=O)N(C)OC)ccc12. The summed E-state index contributed by atoms with van der Waals surface area (Å²) in [6.45, 7) is 6.26. The lowest BCUT2D eigenvalue weighted by atomic mass is 10.1. The summed E-state index contributed by atoms with van der Waals surface area (Å²) in [5, 5.41) is 6.96. The second-order valence-corrected chi connectivity index (χ2v) is 5.06. The fourth-order valence-corrected chi connectivity index (χ4v) is 2.26. The third-order valence-electron chi connectivity index (χ3n) is 3.41. The fourth-order valence-electron chi connectivity index (χ4n) is 2.26. The van der Waals surface area contributed by atoms with E-state index < -0.39 is 0 Å². The molecular weight excluding hydrogens is 254 g/mol. The average Bonchev–Trinajstić information content (AvgIpc) is 2.83. The van der Waals surface area contributed by atoms with Gasteiger partial charge in [-0.25, -0.2) is 5.06 Å². The van der Waals surface area contributed by atoms with Gasteiger partial charge in [0.1, 0.15) is 0 Å². The Labute approximate surface area is 119 Å². The summed E-state index contributed by atoms with van der Waals surface area (Å²) in [5.41, 5.74) is 2.66. The van der Waals surface area contributed by atoms with Crippen molar-refractivity contribution in [1.29, 1.82) is 0 Å². The van der Waals surface area contributed by atoms with E-state index in [4.69, 9.17) is 4.84 Å². The molecule has 0 spiro atoms. The van der Waals surface area contributed by atoms with Gasteiger partial charge in [-0.15, -0.1) is 0 Å². The minimum atomic E-state index is -0.163. The number of hydroxylamine groups is 2. The van der Waals surface area contributed by atoms with Crippen LogP contribution >= 0.6 is 0 Å². The van der Waals surface area contributed by atoms with E-state index in [1.54, 1.807) is 7.05 Å². The van der Waals surface area contributed by atoms with Crippen molar-refractivity contribution in [1.82, 2.24) is 14.8 Å². The maximum absolute atomic E-state index is 12.1. The highest BCUT2D eigenvalue weighted by Gasteiger charge is 2.16. The Morgan fingerprint density at radius 1 is 1.45 bits per heavy atom. The summed E-state index contributed by atoms with van der Waals surface area (Å²) in [7, 11) is 3.08. The molecule has 1 aromatic carbocycles. The molecule has 108 valence electrons. The Morgan fingerprint density at radius 2 is 2.15 bits per heavy atom. The smallest absolute Gasteiger partial charge is 0.274 e. The number of carbonyl (C=O) groups excluding carboxylic acids is 1. The third-order valence-corrected chi connectivity index (χ3v) is 3.41. The zero-order valence-corrected chi connectivity index (χ0v) is 12.7. The lowest BCUT2D eigenvalue weighted by molar-refractivity contribution is -0.0756. The van der Waals surface area contributed by atoms with Crippen LogP contribution in [0.4, 0.5) is 0 Å². The molecule has 1 aromatic heterocycles. The van der Waals surface area contributed by atoms with Crippen LogP contribution in [0.3, 0.4) is 0 Å². The van der Waals surface area contributed by atoms with E-state index in [2.05, 4.69) is 25.9 Å². The van der Waals surface area contributed by atoms with Crippen LogP contribution in [-0.2, 0) is 11.3 Å². The van der Waals surface area contributed by atoms with Gasteiger partial charge in [0.05, 0.1) is 18.3 Å². The van der Waals surface area contributed by atoms with Gasteiger partial charge in [-0.3, -0.25) is 14.3 Å². The van der Waals surface area contributed by atoms with Crippen molar-refractivity contribution in [2.24, 2.45) is 0 Å². The van der Waals surface area contributed by atoms with E-state index in [1.165, 1.54) is 12.2 Å². The van der Waals surface area contributed by atoms with E-state index in [9.17, 15) is 4.79 Å². The second-order valence-electron chi connectivity index (χ2n) is 5.06. The lowest BCUT2D eigenvalue weighted by Gasteiger charge is -2.14. The molecule has 0 aliphatic heterocycles. The van der Waals surface area contributed by atoms with Crippen LogP contribution in [0.25, 0.3) is 10.9 Å². The van der Waals surface area contributed by atoms with Gasteiger partial charge in [-0.1, -0.05) is 13.0 Å². The number of nitrogens with zero attached hydrogens (tertiary/aromatic N) is 3. The average molecular weight is 275 g/mol. The molecule has 0 N–H and O–H groups in total. The first-order chi connectivity index (χ1) is 9.49. The number of aromatic nitrogens is 2. The summed E-state index contributed by atoms with van der Waals surface area (Å²) >= 11 is 0. The number of amides is 1. The van der Waals surface area contributed by atoms with Gasteiger partial charge >= 0.3 is 0 Å². The lowest BCUT2D eigenvalue weighted by Crippen LogP contribution is -2.25. The molecule has 2 rings (SSSR count). The molecule has 0 saturated carbocycles. The quantitative estimate of drug-likeness (QED) is 0.806. The molecule has 5 heteroatoms. The minimum absolute atomic E-state index is 0.163. The van der Waals surface area contributed by atoms with Crippen LogP contribution in [0.15, 0.2) is 18.2 Å². The number of rotatable bonds is 4. The van der Waals surface area contributed by atoms with E-state index in [1.807, 2.05) is 22.9 Å². The summed E-state index contributed by atoms with van der Waals surface area (Å²) in [4.78, 5) is 17.1. The molecule has 0 atom stereocenters. The van der Waals surface area contributed by atoms with Crippen molar-refractivity contribution in [3.63, 3.8) is 0 Å². The topological polar surface area (TPSA) is 47.4 Å². The molecule has 1 amide bonds. The molecule has 20 heavy (non-hydrogen) atoms. The van der Waals surface area contributed by atoms with Crippen LogP contribution < -0.4 is 0 Å². The van der Waals surface area contributed by atoms with Gasteiger partial charge in [-0.05, 0) is 32.4 Å². The van der Waals surface area contributed by atoms with Gasteiger partial charge in [0.25, 0.3) is 5.91 Å². The summed E-state index contributed by atoms with van der Waals surface area (Å²) in [6.07, 6.45) is 0.876. The number of aryl methyl sites for hydroxylation is 1. The number of hydrogen-bond donors (Lipinski definition) is 0. The second kappa shape index (κ2) is 5.63. The van der Waals surface area contributed by atoms with Gasteiger partial charge in [0.15, 0.2) is 0 Å². The largest absolute Gasteiger partial charge is 0.277 e. The van der Waals surface area contributed by atoms with Crippen molar-refractivity contribution < 1.29 is 9.63 Å². The van der Waals surface area contributed by atoms with E-state index in [0.29, 0.717) is 5.56 Å². The van der Waals surface area contributed by atoms with E-state index >= 15 is 0 Å². The van der Waals surface area contributed by atoms with Gasteiger partial charge < -0.3 is 0 Å². The Hall–Kier alpha value is -1.88. The minimum Gasteiger partial charge on any atom is -0.274 e. The standard InChI is InChI=1S/C15H21N3O2/c1-6-13-12-8-7-11(15(19)17(4)20-5)9-14(12)18(16-13)10(2)3/h7-10H,6H2,1-5H3. The normalized spacial score (nSPS) is 11.3. The van der Waals surface area contributed by atoms with Crippen molar-refractivity contribution in [3.05, 3.63) is 29.5 Å². The monoisotopic (exact) mass is 275 g/mol. The van der Waals surface area contributed by atoms with Crippen molar-refractivity contribution in [2.45, 2.75) is 33.2 Å². The van der Waals surface area contributed by atoms with Crippen LogP contribution in [0.5, 0.6) is 0 Å². The number of carbonyl (C=O) groups is 1. The molecule has 0 aliphatic carbocycles. The first-order valence-electron chi connectivity index (χ1n) is 6.82. The fraction of sp³-hybridized carbons (Fsp3) is 0.467. The molecule has 0 fully saturated rings. The first kappa shape index (κ1) is 14.5. The van der Waals surface area contributed by atoms with Crippen LogP contribution in [0, 0.1) is 0 Å². The molecule has 0 unspecified atom stereocenters. The molecule has 5 nitrogen and oxygen atoms in total. The highest BCUT2D eigenvalue weighted by Crippen LogP contribution is 2.24. The van der Waals surface area contributed by atoms with Crippen LogP contribution in [0.2, 0.25) is 0 Å². The zero-order valence-electron chi connectivity index (χ0n) is 12.7. The molecule has 0 bridgehead atoms. The highest BCUT2D eigenvalue weighted by molar-refractivity contribution is 5.97. The molecule has 2 aromatic rings. The first-order valence-corrected chi connectivity index (χ1v) is 6.82. The van der Waals surface area contributed by atoms with Gasteiger partial charge in [0.2, 0.25) is 0 Å². The number of hydrogen-bond acceptors (Lipinski definition) is 3. The zero-order chi connectivity index (χ0) is 14.9. The molecule has 0 saturated heterocycles. The van der Waals surface area contributed by atoms with Gasteiger partial charge in [-0.2, -0.15) is 5.10 Å². The maximum atomic E-state index is 12.1. The predicted octanol–water partition coefficient (Wildman–Crippen LogP) is 2.81. The van der Waals surface area contributed by atoms with Crippen LogP contribution in [0.1, 0.15) is 42.9 Å². The van der Waals surface area contributed by atoms with E-state index in [0.717, 1.165) is 23.0 Å². The van der Waals surface area contributed by atoms with Crippen molar-refractivity contribution in [2.75, 3.05) is 14.2 Å². The summed E-state index contributed by atoms with van der Waals surface area (Å²) in [6, 6.07) is 5.94. The molecule has 0 radical (unpaired) electrons. The van der Waals surface area contributed by atoms with E-state index in [-0.39, 0.29) is 11.9 Å². The summed E-state index contributed by atoms with van der Waals surface area (Å²) < 4.78 is 1.97. The number of fused-ring (bicyclic) bond motifs is 1. The van der Waals surface area contributed by atoms with Crippen molar-refractivity contribution in [3.8, 4) is 0 Å². The maximum Gasteiger partial charge on any atom is 0.277 e. The van der Waals surface area contributed by atoms with Gasteiger partial charge in [0, 0.05) is 24.0 Å². The predicted molar refractivity (Wildman–Crippen MR) is 78.6 cm³/mol. The third kappa shape index (κ3) is 2.41. The summed E-state index contributed by atoms with van der Waals surface area (Å²) in [5.74, 6) is -0.163. The Balaban J connectivity index is 2.58. The Kier molecular flexibility index (Phi) is 4.09. The Morgan fingerprint density at radius 3 is 2.70 bits per heavy atom. The Bertz CT molecular complexity index is 631. The number of benzene rings is 1. The molecule has 1 heterocycles. The van der Waals surface area contributed by atoms with Crippen molar-refractivity contribution >= 4 is 16.8 Å². The molecule has 0 aliphatic rings. The van der Waals surface area contributed by atoms with Crippen LogP contribution in [-0.4, -0.2) is 34.9 Å². The highest BCUT2D eigenvalue weighted by atomic mass is 16.7. The molecular formula is C15H21N3O2.